The van der Waals surface area contributed by atoms with E-state index in [0.717, 1.165) is 17.8 Å². The van der Waals surface area contributed by atoms with Gasteiger partial charge in [-0.2, -0.15) is 0 Å². The Hall–Kier alpha value is -2.99. The lowest BCUT2D eigenvalue weighted by atomic mass is 9.68. The zero-order chi connectivity index (χ0) is 23.2. The maximum atomic E-state index is 14.2. The molecule has 0 spiro atoms. The van der Waals surface area contributed by atoms with Crippen molar-refractivity contribution in [2.45, 2.75) is 39.5 Å². The molecule has 1 aliphatic heterocycles. The van der Waals surface area contributed by atoms with Crippen molar-refractivity contribution in [3.05, 3.63) is 87.2 Å². The number of carbonyl (C=O) groups is 2. The summed E-state index contributed by atoms with van der Waals surface area (Å²) in [4.78, 5) is 26.6. The molecule has 32 heavy (non-hydrogen) atoms. The van der Waals surface area contributed by atoms with Gasteiger partial charge < -0.3 is 10.6 Å². The van der Waals surface area contributed by atoms with Crippen molar-refractivity contribution in [2.75, 3.05) is 5.32 Å². The first-order valence-electron chi connectivity index (χ1n) is 10.3. The average molecular weight is 457 g/mol. The summed E-state index contributed by atoms with van der Waals surface area (Å²) >= 11 is 6.50. The monoisotopic (exact) mass is 456 g/mol. The lowest BCUT2D eigenvalue weighted by Crippen LogP contribution is -2.39. The standard InChI is InChI=1S/C25H23ClF2N2O2/c1-13-21(24(32)30-18-9-8-14(27)10-17(18)28)22(15-6-4-5-7-16(15)26)23-19(29-13)11-25(2,3)12-20(23)31/h4-10,22,29H,11-12H2,1-3H3,(H,30,32)/t22-/m1/s1. The number of benzene rings is 2. The molecule has 166 valence electrons. The zero-order valence-corrected chi connectivity index (χ0v) is 18.7. The molecule has 1 amide bonds. The second-order valence-electron chi connectivity index (χ2n) is 9.03. The fourth-order valence-electron chi connectivity index (χ4n) is 4.54. The van der Waals surface area contributed by atoms with Gasteiger partial charge in [-0.1, -0.05) is 43.6 Å². The maximum Gasteiger partial charge on any atom is 0.254 e. The summed E-state index contributed by atoms with van der Waals surface area (Å²) in [6.07, 6.45) is 0.989. The van der Waals surface area contributed by atoms with Gasteiger partial charge in [0, 0.05) is 46.0 Å². The number of halogens is 3. The molecule has 0 unspecified atom stereocenters. The van der Waals surface area contributed by atoms with Crippen molar-refractivity contribution < 1.29 is 18.4 Å². The molecule has 7 heteroatoms. The van der Waals surface area contributed by atoms with Gasteiger partial charge in [0.05, 0.1) is 5.69 Å². The summed E-state index contributed by atoms with van der Waals surface area (Å²) in [7, 11) is 0. The fourth-order valence-corrected chi connectivity index (χ4v) is 4.78. The quantitative estimate of drug-likeness (QED) is 0.608. The highest BCUT2D eigenvalue weighted by atomic mass is 35.5. The molecular weight excluding hydrogens is 434 g/mol. The lowest BCUT2D eigenvalue weighted by molar-refractivity contribution is -0.118. The van der Waals surface area contributed by atoms with Crippen LogP contribution in [0.4, 0.5) is 14.5 Å². The first-order chi connectivity index (χ1) is 15.1. The van der Waals surface area contributed by atoms with Gasteiger partial charge in [-0.25, -0.2) is 8.78 Å². The third-order valence-electron chi connectivity index (χ3n) is 5.88. The molecule has 2 aliphatic rings. The van der Waals surface area contributed by atoms with E-state index in [2.05, 4.69) is 10.6 Å². The van der Waals surface area contributed by atoms with Crippen LogP contribution in [0.5, 0.6) is 0 Å². The highest BCUT2D eigenvalue weighted by Crippen LogP contribution is 2.48. The third kappa shape index (κ3) is 4.07. The van der Waals surface area contributed by atoms with Gasteiger partial charge in [0.2, 0.25) is 0 Å². The topological polar surface area (TPSA) is 58.2 Å². The van der Waals surface area contributed by atoms with E-state index in [9.17, 15) is 18.4 Å². The van der Waals surface area contributed by atoms with E-state index in [1.54, 1.807) is 31.2 Å². The van der Waals surface area contributed by atoms with E-state index in [-0.39, 0.29) is 22.5 Å². The second-order valence-corrected chi connectivity index (χ2v) is 9.44. The molecule has 0 fully saturated rings. The summed E-state index contributed by atoms with van der Waals surface area (Å²) in [5.41, 5.74) is 2.37. The summed E-state index contributed by atoms with van der Waals surface area (Å²) in [6.45, 7) is 5.80. The summed E-state index contributed by atoms with van der Waals surface area (Å²) in [5.74, 6) is -2.97. The largest absolute Gasteiger partial charge is 0.362 e. The smallest absolute Gasteiger partial charge is 0.254 e. The second kappa shape index (κ2) is 8.17. The Morgan fingerprint density at radius 3 is 2.56 bits per heavy atom. The summed E-state index contributed by atoms with van der Waals surface area (Å²) in [5, 5.41) is 6.20. The van der Waals surface area contributed by atoms with Crippen LogP contribution in [0.3, 0.4) is 0 Å². The first kappa shape index (κ1) is 22.2. The lowest BCUT2D eigenvalue weighted by Gasteiger charge is -2.39. The van der Waals surface area contributed by atoms with Crippen molar-refractivity contribution in [1.29, 1.82) is 0 Å². The number of Topliss-reactive ketones (excluding diaryl/α,β-unsaturated/α-hetero) is 1. The van der Waals surface area contributed by atoms with Gasteiger partial charge in [0.25, 0.3) is 5.91 Å². The van der Waals surface area contributed by atoms with E-state index in [0.29, 0.717) is 40.8 Å². The van der Waals surface area contributed by atoms with Crippen molar-refractivity contribution >= 4 is 29.0 Å². The van der Waals surface area contributed by atoms with Gasteiger partial charge in [-0.3, -0.25) is 9.59 Å². The van der Waals surface area contributed by atoms with E-state index in [1.807, 2.05) is 13.8 Å². The van der Waals surface area contributed by atoms with Crippen LogP contribution in [0.15, 0.2) is 65.0 Å². The molecule has 0 saturated heterocycles. The number of carbonyl (C=O) groups excluding carboxylic acids is 2. The molecule has 1 aliphatic carbocycles. The normalized spacial score (nSPS) is 20.1. The molecule has 2 N–H and O–H groups in total. The van der Waals surface area contributed by atoms with E-state index < -0.39 is 23.5 Å². The number of ketones is 1. The Kier molecular flexibility index (Phi) is 5.67. The molecule has 1 atom stereocenters. The predicted molar refractivity (Wildman–Crippen MR) is 120 cm³/mol. The zero-order valence-electron chi connectivity index (χ0n) is 18.0. The average Bonchev–Trinajstić information content (AvgIpc) is 2.68. The minimum Gasteiger partial charge on any atom is -0.362 e. The minimum atomic E-state index is -0.884. The Bertz CT molecular complexity index is 1200. The first-order valence-corrected chi connectivity index (χ1v) is 10.7. The number of amides is 1. The Labute approximate surface area is 190 Å². The molecule has 1 heterocycles. The van der Waals surface area contributed by atoms with Crippen LogP contribution in [0.2, 0.25) is 5.02 Å². The van der Waals surface area contributed by atoms with Crippen LogP contribution in [-0.2, 0) is 9.59 Å². The van der Waals surface area contributed by atoms with Crippen LogP contribution in [-0.4, -0.2) is 11.7 Å². The molecule has 2 aromatic rings. The number of allylic oxidation sites excluding steroid dienone is 3. The third-order valence-corrected chi connectivity index (χ3v) is 6.22. The number of hydrogen-bond donors (Lipinski definition) is 2. The Balaban J connectivity index is 1.83. The minimum absolute atomic E-state index is 0.0561. The van der Waals surface area contributed by atoms with Crippen LogP contribution < -0.4 is 10.6 Å². The van der Waals surface area contributed by atoms with Crippen molar-refractivity contribution in [2.24, 2.45) is 5.41 Å². The maximum absolute atomic E-state index is 14.2. The molecular formula is C25H23ClF2N2O2. The van der Waals surface area contributed by atoms with Crippen molar-refractivity contribution in [1.82, 2.24) is 5.32 Å². The summed E-state index contributed by atoms with van der Waals surface area (Å²) < 4.78 is 27.5. The number of hydrogen-bond acceptors (Lipinski definition) is 3. The highest BCUT2D eigenvalue weighted by Gasteiger charge is 2.43. The van der Waals surface area contributed by atoms with Gasteiger partial charge in [0.15, 0.2) is 5.78 Å². The highest BCUT2D eigenvalue weighted by molar-refractivity contribution is 6.31. The predicted octanol–water partition coefficient (Wildman–Crippen LogP) is 5.86. The molecule has 0 radical (unpaired) electrons. The van der Waals surface area contributed by atoms with Gasteiger partial charge in [-0.15, -0.1) is 0 Å². The van der Waals surface area contributed by atoms with Crippen molar-refractivity contribution in [3.8, 4) is 0 Å². The van der Waals surface area contributed by atoms with Gasteiger partial charge in [0.1, 0.15) is 11.6 Å². The van der Waals surface area contributed by atoms with E-state index in [4.69, 9.17) is 11.6 Å². The number of rotatable bonds is 3. The van der Waals surface area contributed by atoms with Crippen LogP contribution in [0.1, 0.15) is 45.1 Å². The van der Waals surface area contributed by atoms with Crippen LogP contribution in [0, 0.1) is 17.0 Å². The Morgan fingerprint density at radius 1 is 1.16 bits per heavy atom. The molecule has 4 nitrogen and oxygen atoms in total. The molecule has 2 aromatic carbocycles. The van der Waals surface area contributed by atoms with E-state index in [1.165, 1.54) is 0 Å². The number of anilines is 1. The molecule has 0 saturated carbocycles. The van der Waals surface area contributed by atoms with Crippen LogP contribution >= 0.6 is 11.6 Å². The molecule has 4 rings (SSSR count). The Morgan fingerprint density at radius 2 is 1.88 bits per heavy atom. The summed E-state index contributed by atoms with van der Waals surface area (Å²) in [6, 6.07) is 10.0. The van der Waals surface area contributed by atoms with E-state index >= 15 is 0 Å². The van der Waals surface area contributed by atoms with Crippen molar-refractivity contribution in [3.63, 3.8) is 0 Å². The fraction of sp³-hybridized carbons (Fsp3) is 0.280. The molecule has 0 bridgehead atoms. The SMILES string of the molecule is CC1=C(C(=O)Nc2ccc(F)cc2F)[C@@H](c2ccccc2Cl)C2=C(CC(C)(C)CC2=O)N1. The number of dihydropyridines is 1. The van der Waals surface area contributed by atoms with Crippen LogP contribution in [0.25, 0.3) is 0 Å². The van der Waals surface area contributed by atoms with Gasteiger partial charge in [-0.05, 0) is 42.5 Å². The molecule has 0 aromatic heterocycles. The van der Waals surface area contributed by atoms with Gasteiger partial charge >= 0.3 is 0 Å². The number of nitrogens with one attached hydrogen (secondary N) is 2.